The number of imidazole rings is 1. The smallest absolute Gasteiger partial charge is 0.339 e. The van der Waals surface area contributed by atoms with E-state index in [1.165, 1.54) is 0 Å². The molecule has 0 saturated heterocycles. The van der Waals surface area contributed by atoms with Gasteiger partial charge in [0.2, 0.25) is 5.91 Å². The minimum absolute atomic E-state index is 0.0271. The zero-order valence-electron chi connectivity index (χ0n) is 15.9. The fourth-order valence-corrected chi connectivity index (χ4v) is 4.43. The Hall–Kier alpha value is -3.41. The van der Waals surface area contributed by atoms with E-state index in [1.54, 1.807) is 6.20 Å². The van der Waals surface area contributed by atoms with Gasteiger partial charge < -0.3 is 15.0 Å². The molecule has 0 radical (unpaired) electrons. The lowest BCUT2D eigenvalue weighted by Crippen LogP contribution is -2.36. The van der Waals surface area contributed by atoms with Crippen molar-refractivity contribution in [2.45, 2.75) is 31.3 Å². The summed E-state index contributed by atoms with van der Waals surface area (Å²) >= 11 is 0. The monoisotopic (exact) mass is 387 g/mol. The number of hydrogen-bond acceptors (Lipinski definition) is 4. The molecule has 2 heterocycles. The second kappa shape index (κ2) is 6.88. The molecule has 1 spiro atoms. The number of benzene rings is 2. The summed E-state index contributed by atoms with van der Waals surface area (Å²) in [6.07, 6.45) is 4.30. The molecule has 5 rings (SSSR count). The predicted octanol–water partition coefficient (Wildman–Crippen LogP) is 4.27. The van der Waals surface area contributed by atoms with Crippen LogP contribution in [0.25, 0.3) is 11.4 Å². The van der Waals surface area contributed by atoms with Crippen molar-refractivity contribution < 1.29 is 14.3 Å². The molecule has 2 aliphatic rings. The summed E-state index contributed by atoms with van der Waals surface area (Å²) in [5, 5.41) is 2.94. The normalized spacial score (nSPS) is 22.9. The number of hydrogen-bond donors (Lipinski definition) is 2. The van der Waals surface area contributed by atoms with Crippen LogP contribution in [0.5, 0.6) is 0 Å². The molecule has 2 aromatic carbocycles. The molecule has 29 heavy (non-hydrogen) atoms. The first-order valence-corrected chi connectivity index (χ1v) is 9.89. The maximum atomic E-state index is 12.8. The number of ether oxygens (including phenoxy) is 1. The molecule has 6 heteroatoms. The number of nitrogens with one attached hydrogen (secondary N) is 2. The molecule has 3 aromatic rings. The van der Waals surface area contributed by atoms with E-state index in [2.05, 4.69) is 15.3 Å². The number of fused-ring (bicyclic) bond motifs is 2. The highest BCUT2D eigenvalue weighted by Gasteiger charge is 2.48. The number of nitrogens with zero attached hydrogens (tertiary/aromatic N) is 1. The Morgan fingerprint density at radius 3 is 2.59 bits per heavy atom. The van der Waals surface area contributed by atoms with Crippen molar-refractivity contribution >= 4 is 17.7 Å². The first kappa shape index (κ1) is 17.7. The second-order valence-corrected chi connectivity index (χ2v) is 7.70. The summed E-state index contributed by atoms with van der Waals surface area (Å²) in [4.78, 5) is 32.5. The summed E-state index contributed by atoms with van der Waals surface area (Å²) in [7, 11) is 0. The van der Waals surface area contributed by atoms with Gasteiger partial charge in [-0.25, -0.2) is 9.78 Å². The van der Waals surface area contributed by atoms with E-state index in [1.807, 2.05) is 54.6 Å². The third-order valence-electron chi connectivity index (χ3n) is 5.97. The highest BCUT2D eigenvalue weighted by Crippen LogP contribution is 2.48. The molecule has 1 fully saturated rings. The number of rotatable bonds is 3. The van der Waals surface area contributed by atoms with Crippen LogP contribution in [0.15, 0.2) is 60.8 Å². The van der Waals surface area contributed by atoms with Gasteiger partial charge in [0.1, 0.15) is 17.2 Å². The zero-order valence-corrected chi connectivity index (χ0v) is 15.9. The molecule has 0 unspecified atom stereocenters. The van der Waals surface area contributed by atoms with Crippen LogP contribution in [0.2, 0.25) is 0 Å². The molecule has 0 atom stereocenters. The van der Waals surface area contributed by atoms with Gasteiger partial charge in [-0.3, -0.25) is 4.79 Å². The Labute approximate surface area is 168 Å². The van der Waals surface area contributed by atoms with Crippen molar-refractivity contribution in [3.05, 3.63) is 71.9 Å². The largest absolute Gasteiger partial charge is 0.451 e. The number of amides is 1. The fraction of sp³-hybridized carbons (Fsp3) is 0.261. The number of aromatic nitrogens is 2. The minimum Gasteiger partial charge on any atom is -0.451 e. The molecule has 2 N–H and O–H groups in total. The third-order valence-corrected chi connectivity index (χ3v) is 5.97. The molecule has 1 amide bonds. The van der Waals surface area contributed by atoms with Crippen LogP contribution < -0.4 is 5.32 Å². The van der Waals surface area contributed by atoms with Gasteiger partial charge in [-0.15, -0.1) is 0 Å². The van der Waals surface area contributed by atoms with E-state index in [0.29, 0.717) is 37.1 Å². The van der Waals surface area contributed by atoms with Crippen LogP contribution in [0, 0.1) is 5.92 Å². The van der Waals surface area contributed by atoms with E-state index in [4.69, 9.17) is 4.74 Å². The molecule has 1 aliphatic carbocycles. The van der Waals surface area contributed by atoms with Gasteiger partial charge in [-0.05, 0) is 31.7 Å². The molecular weight excluding hydrogens is 366 g/mol. The average Bonchev–Trinajstić information content (AvgIpc) is 3.33. The predicted molar refractivity (Wildman–Crippen MR) is 108 cm³/mol. The van der Waals surface area contributed by atoms with Crippen molar-refractivity contribution in [3.63, 3.8) is 0 Å². The molecule has 6 nitrogen and oxygen atoms in total. The van der Waals surface area contributed by atoms with Gasteiger partial charge in [-0.2, -0.15) is 0 Å². The van der Waals surface area contributed by atoms with E-state index in [9.17, 15) is 9.59 Å². The Balaban J connectivity index is 1.25. The minimum atomic E-state index is -0.571. The van der Waals surface area contributed by atoms with Crippen LogP contribution in [0.3, 0.4) is 0 Å². The molecule has 1 saturated carbocycles. The average molecular weight is 387 g/mol. The topological polar surface area (TPSA) is 84.1 Å². The van der Waals surface area contributed by atoms with Gasteiger partial charge in [0.15, 0.2) is 0 Å². The quantitative estimate of drug-likeness (QED) is 0.657. The van der Waals surface area contributed by atoms with Crippen LogP contribution in [0.1, 0.15) is 41.6 Å². The van der Waals surface area contributed by atoms with Crippen LogP contribution >= 0.6 is 0 Å². The third kappa shape index (κ3) is 3.10. The number of aromatic amines is 1. The lowest BCUT2D eigenvalue weighted by molar-refractivity contribution is -0.122. The first-order valence-electron chi connectivity index (χ1n) is 9.89. The van der Waals surface area contributed by atoms with Crippen molar-refractivity contribution in [2.75, 3.05) is 5.32 Å². The molecular formula is C23H21N3O3. The van der Waals surface area contributed by atoms with Gasteiger partial charge >= 0.3 is 5.97 Å². The number of carbonyl (C=O) groups excluding carboxylic acids is 2. The number of carbonyl (C=O) groups is 2. The van der Waals surface area contributed by atoms with Crippen molar-refractivity contribution in [1.82, 2.24) is 9.97 Å². The first-order chi connectivity index (χ1) is 14.1. The summed E-state index contributed by atoms with van der Waals surface area (Å²) in [5.74, 6) is 0.912. The van der Waals surface area contributed by atoms with E-state index in [0.717, 1.165) is 17.0 Å². The Bertz CT molecular complexity index is 1070. The lowest BCUT2D eigenvalue weighted by atomic mass is 9.74. The Morgan fingerprint density at radius 1 is 1.07 bits per heavy atom. The molecule has 1 aromatic heterocycles. The van der Waals surface area contributed by atoms with Gasteiger partial charge in [-0.1, -0.05) is 48.5 Å². The lowest BCUT2D eigenvalue weighted by Gasteiger charge is -2.35. The summed E-state index contributed by atoms with van der Waals surface area (Å²) in [6, 6.07) is 17.3. The molecule has 0 bridgehead atoms. The summed E-state index contributed by atoms with van der Waals surface area (Å²) < 4.78 is 5.77. The van der Waals surface area contributed by atoms with Gasteiger partial charge in [0.05, 0.1) is 11.8 Å². The molecule has 1 aliphatic heterocycles. The standard InChI is InChI=1S/C23H21N3O3/c27-21(26-19-14-24-20(25-19)15-6-2-1-3-7-15)16-10-12-23(13-11-16)18-9-5-4-8-17(18)22(28)29-23/h1-9,14,16H,10-13H2,(H,24,25)(H,26,27). The van der Waals surface area contributed by atoms with Gasteiger partial charge in [0.25, 0.3) is 0 Å². The second-order valence-electron chi connectivity index (χ2n) is 7.70. The Morgan fingerprint density at radius 2 is 1.79 bits per heavy atom. The Kier molecular flexibility index (Phi) is 4.19. The van der Waals surface area contributed by atoms with Gasteiger partial charge in [0, 0.05) is 17.0 Å². The summed E-state index contributed by atoms with van der Waals surface area (Å²) in [5.41, 5.74) is 2.01. The van der Waals surface area contributed by atoms with Crippen molar-refractivity contribution in [1.29, 1.82) is 0 Å². The maximum absolute atomic E-state index is 12.8. The van der Waals surface area contributed by atoms with E-state index < -0.39 is 5.60 Å². The SMILES string of the molecule is O=C1OC2(CCC(C(=O)Nc3cnc(-c4ccccc4)[nH]3)CC2)c2ccccc21. The van der Waals surface area contributed by atoms with E-state index >= 15 is 0 Å². The highest BCUT2D eigenvalue weighted by molar-refractivity contribution is 5.95. The van der Waals surface area contributed by atoms with Crippen molar-refractivity contribution in [2.24, 2.45) is 5.92 Å². The summed E-state index contributed by atoms with van der Waals surface area (Å²) in [6.45, 7) is 0. The number of esters is 1. The number of H-pyrrole nitrogens is 1. The van der Waals surface area contributed by atoms with Crippen molar-refractivity contribution in [3.8, 4) is 11.4 Å². The van der Waals surface area contributed by atoms with E-state index in [-0.39, 0.29) is 17.8 Å². The van der Waals surface area contributed by atoms with Crippen LogP contribution in [-0.4, -0.2) is 21.8 Å². The number of anilines is 1. The maximum Gasteiger partial charge on any atom is 0.339 e. The highest BCUT2D eigenvalue weighted by atomic mass is 16.6. The zero-order chi connectivity index (χ0) is 19.8. The van der Waals surface area contributed by atoms with Crippen LogP contribution in [-0.2, 0) is 15.1 Å². The fourth-order valence-electron chi connectivity index (χ4n) is 4.43. The van der Waals surface area contributed by atoms with Crippen LogP contribution in [0.4, 0.5) is 5.82 Å². The molecule has 146 valence electrons.